The molecule has 136 valence electrons. The predicted octanol–water partition coefficient (Wildman–Crippen LogP) is 3.37. The largest absolute Gasteiger partial charge is 0.497 e. The molecular weight excluding hydrogens is 330 g/mol. The maximum Gasteiger partial charge on any atom is 0.231 e. The molecule has 2 aromatic rings. The van der Waals surface area contributed by atoms with E-state index >= 15 is 0 Å². The van der Waals surface area contributed by atoms with Gasteiger partial charge in [-0.05, 0) is 48.2 Å². The first-order valence-corrected chi connectivity index (χ1v) is 9.03. The normalized spacial score (nSPS) is 18.2. The van der Waals surface area contributed by atoms with Crippen molar-refractivity contribution in [3.63, 3.8) is 0 Å². The second-order valence-electron chi connectivity index (χ2n) is 6.79. The second kappa shape index (κ2) is 7.28. The van der Waals surface area contributed by atoms with Gasteiger partial charge < -0.3 is 19.1 Å². The highest BCUT2D eigenvalue weighted by Crippen LogP contribution is 2.37. The zero-order valence-corrected chi connectivity index (χ0v) is 14.9. The van der Waals surface area contributed by atoms with E-state index in [1.807, 2.05) is 35.2 Å². The highest BCUT2D eigenvalue weighted by molar-refractivity contribution is 5.77. The summed E-state index contributed by atoms with van der Waals surface area (Å²) >= 11 is 0. The molecule has 1 atom stereocenters. The third-order valence-corrected chi connectivity index (χ3v) is 5.17. The van der Waals surface area contributed by atoms with Crippen molar-refractivity contribution in [2.24, 2.45) is 0 Å². The molecule has 2 aliphatic heterocycles. The van der Waals surface area contributed by atoms with Crippen LogP contribution in [0.3, 0.4) is 0 Å². The van der Waals surface area contributed by atoms with Gasteiger partial charge in [0.15, 0.2) is 11.5 Å². The summed E-state index contributed by atoms with van der Waals surface area (Å²) in [5.74, 6) is 3.03. The van der Waals surface area contributed by atoms with E-state index in [1.54, 1.807) is 7.11 Å². The lowest BCUT2D eigenvalue weighted by Gasteiger charge is -2.17. The lowest BCUT2D eigenvalue weighted by atomic mass is 9.98. The van der Waals surface area contributed by atoms with E-state index < -0.39 is 0 Å². The van der Waals surface area contributed by atoms with Crippen LogP contribution in [-0.4, -0.2) is 37.8 Å². The van der Waals surface area contributed by atoms with Crippen molar-refractivity contribution in [2.75, 3.05) is 27.0 Å². The Morgan fingerprint density at radius 3 is 2.96 bits per heavy atom. The van der Waals surface area contributed by atoms with Crippen LogP contribution in [0.5, 0.6) is 17.2 Å². The smallest absolute Gasteiger partial charge is 0.231 e. The number of aryl methyl sites for hydroxylation is 1. The Labute approximate surface area is 153 Å². The minimum atomic E-state index is 0.219. The third kappa shape index (κ3) is 3.47. The predicted molar refractivity (Wildman–Crippen MR) is 97.8 cm³/mol. The van der Waals surface area contributed by atoms with Gasteiger partial charge in [-0.1, -0.05) is 18.2 Å². The van der Waals surface area contributed by atoms with Gasteiger partial charge in [0, 0.05) is 25.4 Å². The molecule has 2 aliphatic rings. The van der Waals surface area contributed by atoms with E-state index in [1.165, 1.54) is 5.56 Å². The Morgan fingerprint density at radius 1 is 1.19 bits per heavy atom. The lowest BCUT2D eigenvalue weighted by molar-refractivity contribution is -0.130. The average molecular weight is 353 g/mol. The summed E-state index contributed by atoms with van der Waals surface area (Å²) < 4.78 is 16.1. The number of nitrogens with zero attached hydrogens (tertiary/aromatic N) is 1. The van der Waals surface area contributed by atoms with Gasteiger partial charge in [-0.15, -0.1) is 0 Å². The molecule has 0 spiro atoms. The molecule has 1 amide bonds. The van der Waals surface area contributed by atoms with Gasteiger partial charge >= 0.3 is 0 Å². The monoisotopic (exact) mass is 353 g/mol. The van der Waals surface area contributed by atoms with Crippen LogP contribution in [0, 0.1) is 0 Å². The molecule has 26 heavy (non-hydrogen) atoms. The maximum atomic E-state index is 12.6. The number of methoxy groups -OCH3 is 1. The summed E-state index contributed by atoms with van der Waals surface area (Å²) in [6.07, 6.45) is 2.26. The van der Waals surface area contributed by atoms with Gasteiger partial charge in [0.1, 0.15) is 5.75 Å². The minimum absolute atomic E-state index is 0.219. The van der Waals surface area contributed by atoms with Gasteiger partial charge in [-0.2, -0.15) is 0 Å². The number of likely N-dealkylation sites (tertiary alicyclic amines) is 1. The van der Waals surface area contributed by atoms with Crippen molar-refractivity contribution < 1.29 is 19.0 Å². The van der Waals surface area contributed by atoms with E-state index in [4.69, 9.17) is 14.2 Å². The minimum Gasteiger partial charge on any atom is -0.497 e. The number of carbonyl (C=O) groups is 1. The number of rotatable bonds is 5. The van der Waals surface area contributed by atoms with Crippen LogP contribution < -0.4 is 14.2 Å². The lowest BCUT2D eigenvalue weighted by Crippen LogP contribution is -2.28. The molecule has 2 aromatic carbocycles. The second-order valence-corrected chi connectivity index (χ2v) is 6.79. The molecule has 0 radical (unpaired) electrons. The van der Waals surface area contributed by atoms with E-state index in [0.29, 0.717) is 19.1 Å². The van der Waals surface area contributed by atoms with Crippen molar-refractivity contribution in [1.29, 1.82) is 0 Å². The van der Waals surface area contributed by atoms with Crippen LogP contribution >= 0.6 is 0 Å². The molecule has 1 saturated heterocycles. The highest BCUT2D eigenvalue weighted by Gasteiger charge is 2.28. The first kappa shape index (κ1) is 16.8. The van der Waals surface area contributed by atoms with Crippen molar-refractivity contribution in [2.45, 2.75) is 25.2 Å². The van der Waals surface area contributed by atoms with Crippen molar-refractivity contribution in [3.05, 3.63) is 53.6 Å². The highest BCUT2D eigenvalue weighted by atomic mass is 16.7. The number of benzene rings is 2. The fourth-order valence-electron chi connectivity index (χ4n) is 3.66. The van der Waals surface area contributed by atoms with Gasteiger partial charge in [-0.25, -0.2) is 0 Å². The molecule has 0 saturated carbocycles. The molecule has 0 aliphatic carbocycles. The number of hydrogen-bond donors (Lipinski definition) is 0. The summed E-state index contributed by atoms with van der Waals surface area (Å²) in [7, 11) is 1.66. The van der Waals surface area contributed by atoms with Gasteiger partial charge in [-0.3, -0.25) is 4.79 Å². The van der Waals surface area contributed by atoms with E-state index in [9.17, 15) is 4.79 Å². The van der Waals surface area contributed by atoms with Gasteiger partial charge in [0.2, 0.25) is 12.7 Å². The quantitative estimate of drug-likeness (QED) is 0.827. The van der Waals surface area contributed by atoms with E-state index in [0.717, 1.165) is 48.7 Å². The van der Waals surface area contributed by atoms with Crippen LogP contribution in [0.25, 0.3) is 0 Å². The number of fused-ring (bicyclic) bond motifs is 1. The van der Waals surface area contributed by atoms with Gasteiger partial charge in [0.05, 0.1) is 7.11 Å². The average Bonchev–Trinajstić information content (AvgIpc) is 3.35. The molecule has 0 bridgehead atoms. The molecule has 0 N–H and O–H groups in total. The van der Waals surface area contributed by atoms with Crippen LogP contribution in [0.1, 0.15) is 29.9 Å². The fraction of sp³-hybridized carbons (Fsp3) is 0.381. The SMILES string of the molecule is COc1cccc(CCC(=O)N2CCC(c3ccc4c(c3)OCO4)C2)c1. The van der Waals surface area contributed by atoms with Crippen LogP contribution in [0.2, 0.25) is 0 Å². The first-order chi connectivity index (χ1) is 12.7. The molecule has 2 heterocycles. The van der Waals surface area contributed by atoms with Crippen LogP contribution in [0.15, 0.2) is 42.5 Å². The summed E-state index contributed by atoms with van der Waals surface area (Å²) in [6, 6.07) is 14.0. The number of carbonyl (C=O) groups excluding carboxylic acids is 1. The van der Waals surface area contributed by atoms with Crippen molar-refractivity contribution in [3.8, 4) is 17.2 Å². The fourth-order valence-corrected chi connectivity index (χ4v) is 3.66. The van der Waals surface area contributed by atoms with Crippen molar-refractivity contribution >= 4 is 5.91 Å². The van der Waals surface area contributed by atoms with Crippen molar-refractivity contribution in [1.82, 2.24) is 4.90 Å². The zero-order valence-electron chi connectivity index (χ0n) is 14.9. The molecule has 5 heteroatoms. The summed E-state index contributed by atoms with van der Waals surface area (Å²) in [6.45, 7) is 1.88. The molecule has 1 unspecified atom stereocenters. The number of amides is 1. The summed E-state index contributed by atoms with van der Waals surface area (Å²) in [5, 5.41) is 0. The Balaban J connectivity index is 1.33. The Morgan fingerprint density at radius 2 is 2.08 bits per heavy atom. The van der Waals surface area contributed by atoms with E-state index in [2.05, 4.69) is 12.1 Å². The molecule has 4 rings (SSSR count). The molecule has 1 fully saturated rings. The van der Waals surface area contributed by atoms with E-state index in [-0.39, 0.29) is 5.91 Å². The number of hydrogen-bond acceptors (Lipinski definition) is 4. The molecular formula is C21H23NO4. The van der Waals surface area contributed by atoms with Crippen LogP contribution in [0.4, 0.5) is 0 Å². The Bertz CT molecular complexity index is 804. The zero-order chi connectivity index (χ0) is 17.9. The Hall–Kier alpha value is -2.69. The number of ether oxygens (including phenoxy) is 3. The van der Waals surface area contributed by atoms with Crippen LogP contribution in [-0.2, 0) is 11.2 Å². The summed E-state index contributed by atoms with van der Waals surface area (Å²) in [4.78, 5) is 14.6. The standard InChI is InChI=1S/C21H23NO4/c1-24-18-4-2-3-15(11-18)5-8-21(23)22-10-9-17(13-22)16-6-7-19-20(12-16)26-14-25-19/h2-4,6-7,11-12,17H,5,8-10,13-14H2,1H3. The third-order valence-electron chi connectivity index (χ3n) is 5.17. The first-order valence-electron chi connectivity index (χ1n) is 9.03. The summed E-state index contributed by atoms with van der Waals surface area (Å²) in [5.41, 5.74) is 2.35. The Kier molecular flexibility index (Phi) is 4.69. The molecule has 0 aromatic heterocycles. The topological polar surface area (TPSA) is 48.0 Å². The van der Waals surface area contributed by atoms with Gasteiger partial charge in [0.25, 0.3) is 0 Å². The molecule has 5 nitrogen and oxygen atoms in total. The maximum absolute atomic E-state index is 12.6.